The van der Waals surface area contributed by atoms with Gasteiger partial charge in [0, 0.05) is 12.7 Å². The molecule has 0 bridgehead atoms. The van der Waals surface area contributed by atoms with E-state index in [2.05, 4.69) is 20.9 Å². The first-order valence-electron chi connectivity index (χ1n) is 5.45. The number of hydrogen-bond acceptors (Lipinski definition) is 4. The fourth-order valence-electron chi connectivity index (χ4n) is 1.99. The highest BCUT2D eigenvalue weighted by Gasteiger charge is 2.50. The highest BCUT2D eigenvalue weighted by atomic mass is 16.4. The van der Waals surface area contributed by atoms with Crippen LogP contribution in [0.3, 0.4) is 0 Å². The normalized spacial score (nSPS) is 22.0. The lowest BCUT2D eigenvalue weighted by atomic mass is 9.94. The van der Waals surface area contributed by atoms with Crippen LogP contribution in [0.1, 0.15) is 11.4 Å². The standard InChI is InChI=1S/C10H13N5O4/c1-5-6(12-4-15(5)2)10(3-11-9(18)19)7(16)13-8(17)14-10/h4,11H,3H2,1-2H3,(H,18,19)(H2,13,14,16,17). The second kappa shape index (κ2) is 4.26. The minimum absolute atomic E-state index is 0.294. The molecule has 102 valence electrons. The molecule has 1 aliphatic rings. The topological polar surface area (TPSA) is 125 Å². The maximum Gasteiger partial charge on any atom is 0.404 e. The monoisotopic (exact) mass is 267 g/mol. The lowest BCUT2D eigenvalue weighted by molar-refractivity contribution is -0.124. The maximum absolute atomic E-state index is 12.0. The van der Waals surface area contributed by atoms with Gasteiger partial charge in [0.25, 0.3) is 5.91 Å². The fourth-order valence-corrected chi connectivity index (χ4v) is 1.99. The van der Waals surface area contributed by atoms with Crippen LogP contribution in [0.4, 0.5) is 9.59 Å². The van der Waals surface area contributed by atoms with Crippen molar-refractivity contribution >= 4 is 18.0 Å². The van der Waals surface area contributed by atoms with Crippen molar-refractivity contribution in [3.05, 3.63) is 17.7 Å². The molecule has 0 aromatic carbocycles. The van der Waals surface area contributed by atoms with Gasteiger partial charge in [0.2, 0.25) is 0 Å². The molecule has 1 atom stereocenters. The van der Waals surface area contributed by atoms with E-state index in [4.69, 9.17) is 5.11 Å². The molecule has 1 aliphatic heterocycles. The first-order chi connectivity index (χ1) is 8.86. The number of nitrogens with one attached hydrogen (secondary N) is 3. The molecule has 0 saturated carbocycles. The average molecular weight is 267 g/mol. The molecule has 4 N–H and O–H groups in total. The summed E-state index contributed by atoms with van der Waals surface area (Å²) in [6.07, 6.45) is 0.201. The Morgan fingerprint density at radius 1 is 1.58 bits per heavy atom. The number of hydrogen-bond donors (Lipinski definition) is 4. The Kier molecular flexibility index (Phi) is 2.89. The third kappa shape index (κ3) is 1.98. The second-order valence-electron chi connectivity index (χ2n) is 4.26. The van der Waals surface area contributed by atoms with Crippen LogP contribution >= 0.6 is 0 Å². The number of imide groups is 1. The number of aromatic nitrogens is 2. The third-order valence-electron chi connectivity index (χ3n) is 3.08. The Bertz CT molecular complexity index is 566. The molecule has 0 aliphatic carbocycles. The van der Waals surface area contributed by atoms with Crippen molar-refractivity contribution in [1.29, 1.82) is 0 Å². The molecule has 9 heteroatoms. The zero-order chi connectivity index (χ0) is 14.2. The lowest BCUT2D eigenvalue weighted by Crippen LogP contribution is -2.53. The van der Waals surface area contributed by atoms with Gasteiger partial charge in [-0.2, -0.15) is 0 Å². The number of aryl methyl sites for hydroxylation is 1. The van der Waals surface area contributed by atoms with Gasteiger partial charge in [-0.25, -0.2) is 14.6 Å². The lowest BCUT2D eigenvalue weighted by Gasteiger charge is -2.24. The number of carboxylic acid groups (broad SMARTS) is 1. The minimum Gasteiger partial charge on any atom is -0.465 e. The van der Waals surface area contributed by atoms with Crippen LogP contribution in [-0.4, -0.2) is 39.2 Å². The summed E-state index contributed by atoms with van der Waals surface area (Å²) >= 11 is 0. The molecular weight excluding hydrogens is 254 g/mol. The van der Waals surface area contributed by atoms with Crippen molar-refractivity contribution in [1.82, 2.24) is 25.5 Å². The summed E-state index contributed by atoms with van der Waals surface area (Å²) in [4.78, 5) is 38.1. The third-order valence-corrected chi connectivity index (χ3v) is 3.08. The van der Waals surface area contributed by atoms with Gasteiger partial charge in [0.15, 0.2) is 5.54 Å². The van der Waals surface area contributed by atoms with Crippen molar-refractivity contribution in [2.75, 3.05) is 6.54 Å². The van der Waals surface area contributed by atoms with Crippen LogP contribution in [0.5, 0.6) is 0 Å². The predicted octanol–water partition coefficient (Wildman–Crippen LogP) is -0.969. The molecule has 1 saturated heterocycles. The zero-order valence-corrected chi connectivity index (χ0v) is 10.4. The number of nitrogens with zero attached hydrogens (tertiary/aromatic N) is 2. The van der Waals surface area contributed by atoms with Crippen LogP contribution in [-0.2, 0) is 17.4 Å². The van der Waals surface area contributed by atoms with Crippen LogP contribution in [0.15, 0.2) is 6.33 Å². The van der Waals surface area contributed by atoms with Gasteiger partial charge in [-0.1, -0.05) is 0 Å². The van der Waals surface area contributed by atoms with Gasteiger partial charge in [0.05, 0.1) is 18.6 Å². The van der Waals surface area contributed by atoms with Crippen molar-refractivity contribution in [3.8, 4) is 0 Å². The second-order valence-corrected chi connectivity index (χ2v) is 4.26. The Morgan fingerprint density at radius 3 is 2.68 bits per heavy atom. The largest absolute Gasteiger partial charge is 0.465 e. The molecule has 9 nitrogen and oxygen atoms in total. The number of urea groups is 1. The number of amides is 4. The van der Waals surface area contributed by atoms with E-state index in [1.165, 1.54) is 6.33 Å². The molecule has 1 aromatic heterocycles. The van der Waals surface area contributed by atoms with Crippen molar-refractivity contribution in [2.45, 2.75) is 12.5 Å². The van der Waals surface area contributed by atoms with E-state index in [0.29, 0.717) is 11.4 Å². The van der Waals surface area contributed by atoms with Gasteiger partial charge in [-0.15, -0.1) is 0 Å². The highest BCUT2D eigenvalue weighted by molar-refractivity contribution is 6.07. The van der Waals surface area contributed by atoms with E-state index in [9.17, 15) is 14.4 Å². The highest BCUT2D eigenvalue weighted by Crippen LogP contribution is 2.25. The maximum atomic E-state index is 12.0. The van der Waals surface area contributed by atoms with E-state index in [1.54, 1.807) is 18.5 Å². The van der Waals surface area contributed by atoms with Crippen LogP contribution in [0.25, 0.3) is 0 Å². The number of carbonyl (C=O) groups excluding carboxylic acids is 2. The van der Waals surface area contributed by atoms with Crippen LogP contribution in [0.2, 0.25) is 0 Å². The molecule has 0 radical (unpaired) electrons. The van der Waals surface area contributed by atoms with Gasteiger partial charge in [-0.05, 0) is 6.92 Å². The van der Waals surface area contributed by atoms with Gasteiger partial charge in [0.1, 0.15) is 0 Å². The summed E-state index contributed by atoms with van der Waals surface area (Å²) in [5, 5.41) is 15.3. The van der Waals surface area contributed by atoms with E-state index in [1.807, 2.05) is 0 Å². The van der Waals surface area contributed by atoms with Gasteiger partial charge >= 0.3 is 12.1 Å². The van der Waals surface area contributed by atoms with E-state index < -0.39 is 23.6 Å². The Hall–Kier alpha value is -2.58. The van der Waals surface area contributed by atoms with Crippen LogP contribution < -0.4 is 16.0 Å². The smallest absolute Gasteiger partial charge is 0.404 e. The SMILES string of the molecule is Cc1c(C2(CNC(=O)O)NC(=O)NC2=O)ncn1C. The molecular formula is C10H13N5O4. The summed E-state index contributed by atoms with van der Waals surface area (Å²) in [6.45, 7) is 1.43. The Morgan fingerprint density at radius 2 is 2.26 bits per heavy atom. The molecule has 1 aromatic rings. The molecule has 0 spiro atoms. The summed E-state index contributed by atoms with van der Waals surface area (Å²) in [6, 6.07) is -0.678. The molecule has 19 heavy (non-hydrogen) atoms. The molecule has 4 amide bonds. The van der Waals surface area contributed by atoms with E-state index >= 15 is 0 Å². The van der Waals surface area contributed by atoms with E-state index in [0.717, 1.165) is 0 Å². The number of rotatable bonds is 3. The van der Waals surface area contributed by atoms with Gasteiger partial charge in [-0.3, -0.25) is 10.1 Å². The van der Waals surface area contributed by atoms with Crippen molar-refractivity contribution in [2.24, 2.45) is 7.05 Å². The first-order valence-corrected chi connectivity index (χ1v) is 5.45. The molecule has 1 unspecified atom stereocenters. The number of imidazole rings is 1. The predicted molar refractivity (Wildman–Crippen MR) is 62.3 cm³/mol. The van der Waals surface area contributed by atoms with E-state index in [-0.39, 0.29) is 6.54 Å². The van der Waals surface area contributed by atoms with Crippen LogP contribution in [0, 0.1) is 6.92 Å². The fraction of sp³-hybridized carbons (Fsp3) is 0.400. The van der Waals surface area contributed by atoms with Crippen molar-refractivity contribution in [3.63, 3.8) is 0 Å². The summed E-state index contributed by atoms with van der Waals surface area (Å²) in [7, 11) is 1.73. The Labute approximate surface area is 108 Å². The summed E-state index contributed by atoms with van der Waals surface area (Å²) < 4.78 is 1.68. The Balaban J connectivity index is 2.45. The molecule has 2 heterocycles. The molecule has 2 rings (SSSR count). The molecule has 1 fully saturated rings. The zero-order valence-electron chi connectivity index (χ0n) is 10.4. The summed E-state index contributed by atoms with van der Waals surface area (Å²) in [5.74, 6) is -0.631. The first kappa shape index (κ1) is 12.9. The number of carbonyl (C=O) groups is 3. The summed E-state index contributed by atoms with van der Waals surface area (Å²) in [5.41, 5.74) is -0.544. The van der Waals surface area contributed by atoms with Gasteiger partial charge < -0.3 is 20.3 Å². The average Bonchev–Trinajstić information content (AvgIpc) is 2.79. The van der Waals surface area contributed by atoms with Crippen molar-refractivity contribution < 1.29 is 19.5 Å². The quantitative estimate of drug-likeness (QED) is 0.524. The minimum atomic E-state index is -1.51.